The van der Waals surface area contributed by atoms with Crippen LogP contribution in [0.25, 0.3) is 0 Å². The standard InChI is InChI=1S/C14H16N6/c1-19(14-12(8-15)16-4-5-18-14)9-11-2-3-13-17-6-7-20(13)10-11/h4-7,11H,2-3,9-10H2,1H3. The Morgan fingerprint density at radius 1 is 1.35 bits per heavy atom. The number of aryl methyl sites for hydroxylation is 1. The first-order valence-electron chi connectivity index (χ1n) is 6.70. The van der Waals surface area contributed by atoms with E-state index in [0.717, 1.165) is 25.9 Å². The van der Waals surface area contributed by atoms with Crippen LogP contribution in [0.2, 0.25) is 0 Å². The van der Waals surface area contributed by atoms with E-state index in [1.54, 1.807) is 12.4 Å². The van der Waals surface area contributed by atoms with E-state index in [2.05, 4.69) is 25.6 Å². The number of anilines is 1. The first-order valence-corrected chi connectivity index (χ1v) is 6.70. The summed E-state index contributed by atoms with van der Waals surface area (Å²) in [6.45, 7) is 1.84. The van der Waals surface area contributed by atoms with Crippen LogP contribution in [-0.4, -0.2) is 33.1 Å². The van der Waals surface area contributed by atoms with E-state index in [1.807, 2.05) is 24.3 Å². The van der Waals surface area contributed by atoms with Crippen molar-refractivity contribution in [2.24, 2.45) is 5.92 Å². The topological polar surface area (TPSA) is 70.6 Å². The number of rotatable bonds is 3. The van der Waals surface area contributed by atoms with Gasteiger partial charge in [-0.1, -0.05) is 0 Å². The summed E-state index contributed by atoms with van der Waals surface area (Å²) in [5, 5.41) is 9.08. The van der Waals surface area contributed by atoms with Gasteiger partial charge in [0.05, 0.1) is 0 Å². The molecule has 6 heteroatoms. The van der Waals surface area contributed by atoms with Crippen molar-refractivity contribution in [1.82, 2.24) is 19.5 Å². The zero-order valence-electron chi connectivity index (χ0n) is 11.4. The number of hydrogen-bond donors (Lipinski definition) is 0. The van der Waals surface area contributed by atoms with Crippen LogP contribution in [0.4, 0.5) is 5.82 Å². The van der Waals surface area contributed by atoms with Crippen LogP contribution in [0.3, 0.4) is 0 Å². The van der Waals surface area contributed by atoms with Crippen LogP contribution in [0.5, 0.6) is 0 Å². The van der Waals surface area contributed by atoms with Crippen molar-refractivity contribution in [2.45, 2.75) is 19.4 Å². The Bertz CT molecular complexity index is 641. The summed E-state index contributed by atoms with van der Waals surface area (Å²) >= 11 is 0. The first kappa shape index (κ1) is 12.6. The minimum Gasteiger partial charge on any atom is -0.357 e. The van der Waals surface area contributed by atoms with Crippen molar-refractivity contribution < 1.29 is 0 Å². The Labute approximate surface area is 117 Å². The van der Waals surface area contributed by atoms with Crippen LogP contribution in [-0.2, 0) is 13.0 Å². The Hall–Kier alpha value is -2.42. The van der Waals surface area contributed by atoms with E-state index in [4.69, 9.17) is 5.26 Å². The highest BCUT2D eigenvalue weighted by molar-refractivity contribution is 5.48. The average Bonchev–Trinajstić information content (AvgIpc) is 2.94. The lowest BCUT2D eigenvalue weighted by molar-refractivity contribution is 0.368. The molecule has 2 aromatic rings. The van der Waals surface area contributed by atoms with Crippen molar-refractivity contribution in [3.8, 4) is 6.07 Å². The molecule has 0 amide bonds. The second-order valence-electron chi connectivity index (χ2n) is 5.12. The molecule has 0 radical (unpaired) electrons. The molecule has 3 rings (SSSR count). The molecule has 1 aliphatic rings. The largest absolute Gasteiger partial charge is 0.357 e. The van der Waals surface area contributed by atoms with E-state index in [1.165, 1.54) is 5.82 Å². The van der Waals surface area contributed by atoms with Gasteiger partial charge < -0.3 is 9.47 Å². The smallest absolute Gasteiger partial charge is 0.183 e. The molecule has 1 unspecified atom stereocenters. The van der Waals surface area contributed by atoms with Crippen LogP contribution < -0.4 is 4.90 Å². The first-order chi connectivity index (χ1) is 9.78. The number of fused-ring (bicyclic) bond motifs is 1. The predicted molar refractivity (Wildman–Crippen MR) is 74.1 cm³/mol. The molecule has 0 N–H and O–H groups in total. The third kappa shape index (κ3) is 2.35. The van der Waals surface area contributed by atoms with E-state index >= 15 is 0 Å². The average molecular weight is 268 g/mol. The fourth-order valence-electron chi connectivity index (χ4n) is 2.75. The summed E-state index contributed by atoms with van der Waals surface area (Å²) in [6, 6.07) is 2.09. The molecule has 1 aliphatic heterocycles. The third-order valence-corrected chi connectivity index (χ3v) is 3.71. The second-order valence-corrected chi connectivity index (χ2v) is 5.12. The van der Waals surface area contributed by atoms with Gasteiger partial charge in [-0.05, 0) is 12.3 Å². The summed E-state index contributed by atoms with van der Waals surface area (Å²) in [5.41, 5.74) is 0.383. The number of aromatic nitrogens is 4. The third-order valence-electron chi connectivity index (χ3n) is 3.71. The zero-order valence-corrected chi connectivity index (χ0v) is 11.4. The number of nitrogens with zero attached hydrogens (tertiary/aromatic N) is 6. The van der Waals surface area contributed by atoms with E-state index < -0.39 is 0 Å². The lowest BCUT2D eigenvalue weighted by Crippen LogP contribution is -2.32. The van der Waals surface area contributed by atoms with Gasteiger partial charge in [0.1, 0.15) is 11.9 Å². The monoisotopic (exact) mass is 268 g/mol. The Morgan fingerprint density at radius 3 is 3.05 bits per heavy atom. The SMILES string of the molecule is CN(CC1CCc2nccn2C1)c1nccnc1C#N. The Kier molecular flexibility index (Phi) is 3.33. The van der Waals surface area contributed by atoms with Crippen LogP contribution >= 0.6 is 0 Å². The van der Waals surface area contributed by atoms with E-state index in [9.17, 15) is 0 Å². The van der Waals surface area contributed by atoms with Crippen LogP contribution in [0, 0.1) is 17.2 Å². The molecule has 0 spiro atoms. The molecule has 0 saturated carbocycles. The van der Waals surface area contributed by atoms with Gasteiger partial charge in [0, 0.05) is 51.3 Å². The highest BCUT2D eigenvalue weighted by atomic mass is 15.2. The van der Waals surface area contributed by atoms with Gasteiger partial charge in [0.15, 0.2) is 11.5 Å². The zero-order chi connectivity index (χ0) is 13.9. The van der Waals surface area contributed by atoms with Gasteiger partial charge in [0.2, 0.25) is 0 Å². The van der Waals surface area contributed by atoms with Crippen molar-refractivity contribution in [3.63, 3.8) is 0 Å². The molecule has 102 valence electrons. The molecule has 6 nitrogen and oxygen atoms in total. The van der Waals surface area contributed by atoms with Gasteiger partial charge in [-0.2, -0.15) is 5.26 Å². The van der Waals surface area contributed by atoms with Crippen molar-refractivity contribution in [1.29, 1.82) is 5.26 Å². The molecule has 3 heterocycles. The van der Waals surface area contributed by atoms with E-state index in [-0.39, 0.29) is 0 Å². The van der Waals surface area contributed by atoms with Crippen molar-refractivity contribution in [2.75, 3.05) is 18.5 Å². The lowest BCUT2D eigenvalue weighted by Gasteiger charge is -2.28. The maximum atomic E-state index is 9.08. The molecule has 0 saturated heterocycles. The second kappa shape index (κ2) is 5.29. The predicted octanol–water partition coefficient (Wildman–Crippen LogP) is 1.24. The highest BCUT2D eigenvalue weighted by Crippen LogP contribution is 2.21. The van der Waals surface area contributed by atoms with Crippen LogP contribution in [0.1, 0.15) is 17.9 Å². The maximum absolute atomic E-state index is 9.08. The molecule has 0 aliphatic carbocycles. The summed E-state index contributed by atoms with van der Waals surface area (Å²) in [6.07, 6.45) is 9.19. The summed E-state index contributed by atoms with van der Waals surface area (Å²) in [4.78, 5) is 14.7. The summed E-state index contributed by atoms with van der Waals surface area (Å²) in [7, 11) is 1.97. The van der Waals surface area contributed by atoms with Gasteiger partial charge in [-0.25, -0.2) is 15.0 Å². The summed E-state index contributed by atoms with van der Waals surface area (Å²) < 4.78 is 2.21. The van der Waals surface area contributed by atoms with Gasteiger partial charge >= 0.3 is 0 Å². The fraction of sp³-hybridized carbons (Fsp3) is 0.429. The molecular weight excluding hydrogens is 252 g/mol. The maximum Gasteiger partial charge on any atom is 0.183 e. The molecule has 0 bridgehead atoms. The lowest BCUT2D eigenvalue weighted by atomic mass is 9.99. The number of nitriles is 1. The van der Waals surface area contributed by atoms with Gasteiger partial charge in [0.25, 0.3) is 0 Å². The molecular formula is C14H16N6. The number of imidazole rings is 1. The number of hydrogen-bond acceptors (Lipinski definition) is 5. The molecule has 0 aromatic carbocycles. The quantitative estimate of drug-likeness (QED) is 0.837. The Balaban J connectivity index is 1.71. The molecule has 1 atom stereocenters. The minimum atomic E-state index is 0.383. The highest BCUT2D eigenvalue weighted by Gasteiger charge is 2.21. The van der Waals surface area contributed by atoms with Crippen molar-refractivity contribution in [3.05, 3.63) is 36.3 Å². The normalized spacial score (nSPS) is 17.3. The molecule has 20 heavy (non-hydrogen) atoms. The molecule has 0 fully saturated rings. The van der Waals surface area contributed by atoms with E-state index in [0.29, 0.717) is 17.4 Å². The minimum absolute atomic E-state index is 0.383. The Morgan fingerprint density at radius 2 is 2.20 bits per heavy atom. The van der Waals surface area contributed by atoms with Crippen LogP contribution in [0.15, 0.2) is 24.8 Å². The van der Waals surface area contributed by atoms with Gasteiger partial charge in [-0.15, -0.1) is 0 Å². The molecule has 2 aromatic heterocycles. The summed E-state index contributed by atoms with van der Waals surface area (Å²) in [5.74, 6) is 2.36. The van der Waals surface area contributed by atoms with Crippen molar-refractivity contribution >= 4 is 5.82 Å². The fourth-order valence-corrected chi connectivity index (χ4v) is 2.75. The van der Waals surface area contributed by atoms with Gasteiger partial charge in [-0.3, -0.25) is 0 Å².